The van der Waals surface area contributed by atoms with Crippen LogP contribution < -0.4 is 15.8 Å². The highest BCUT2D eigenvalue weighted by molar-refractivity contribution is 5.87. The van der Waals surface area contributed by atoms with E-state index in [1.165, 1.54) is 0 Å². The molecule has 0 fully saturated rings. The zero-order valence-electron chi connectivity index (χ0n) is 10.5. The Labute approximate surface area is 114 Å². The number of nitrogens with two attached hydrogens (primary N) is 1. The summed E-state index contributed by atoms with van der Waals surface area (Å²) in [5, 5.41) is 10.9. The molecule has 0 radical (unpaired) electrons. The van der Waals surface area contributed by atoms with Crippen LogP contribution in [0.4, 0.5) is 11.8 Å². The van der Waals surface area contributed by atoms with Crippen molar-refractivity contribution < 1.29 is 4.74 Å². The van der Waals surface area contributed by atoms with Gasteiger partial charge in [0, 0.05) is 5.56 Å². The van der Waals surface area contributed by atoms with Crippen LogP contribution in [0.3, 0.4) is 0 Å². The molecule has 1 aliphatic heterocycles. The monoisotopic (exact) mass is 268 g/mol. The van der Waals surface area contributed by atoms with Gasteiger partial charge >= 0.3 is 0 Å². The molecule has 1 unspecified atom stereocenters. The number of aromatic nitrogens is 4. The lowest BCUT2D eigenvalue weighted by Gasteiger charge is -2.13. The molecule has 3 aromatic rings. The lowest BCUT2D eigenvalue weighted by atomic mass is 10.1. The average Bonchev–Trinajstić information content (AvgIpc) is 3.06. The lowest BCUT2D eigenvalue weighted by Crippen LogP contribution is -2.14. The van der Waals surface area contributed by atoms with Crippen molar-refractivity contribution in [1.29, 1.82) is 0 Å². The number of fused-ring (bicyclic) bond motifs is 2. The molecule has 0 spiro atoms. The first kappa shape index (κ1) is 11.0. The number of aromatic amines is 1. The van der Waals surface area contributed by atoms with Gasteiger partial charge in [-0.15, -0.1) is 0 Å². The van der Waals surface area contributed by atoms with Crippen molar-refractivity contribution in [3.63, 3.8) is 0 Å². The zero-order valence-corrected chi connectivity index (χ0v) is 10.5. The maximum atomic E-state index is 5.71. The van der Waals surface area contributed by atoms with Crippen molar-refractivity contribution in [1.82, 2.24) is 20.2 Å². The van der Waals surface area contributed by atoms with Crippen LogP contribution in [0.25, 0.3) is 11.0 Å². The Kier molecular flexibility index (Phi) is 2.26. The van der Waals surface area contributed by atoms with Gasteiger partial charge < -0.3 is 15.8 Å². The van der Waals surface area contributed by atoms with E-state index in [4.69, 9.17) is 10.5 Å². The third-order valence-electron chi connectivity index (χ3n) is 3.34. The van der Waals surface area contributed by atoms with Gasteiger partial charge in [-0.05, 0) is 6.07 Å². The second-order valence-corrected chi connectivity index (χ2v) is 4.61. The predicted molar refractivity (Wildman–Crippen MR) is 74.4 cm³/mol. The van der Waals surface area contributed by atoms with E-state index in [-0.39, 0.29) is 12.0 Å². The summed E-state index contributed by atoms with van der Waals surface area (Å²) in [4.78, 5) is 8.34. The molecule has 0 aliphatic carbocycles. The van der Waals surface area contributed by atoms with Crippen LogP contribution in [0.15, 0.2) is 30.5 Å². The minimum absolute atomic E-state index is 0.0404. The summed E-state index contributed by atoms with van der Waals surface area (Å²) in [6, 6.07) is 7.98. The SMILES string of the molecule is Nc1nc(NC2COc3ccccc32)c2cn[nH]c2n1. The fourth-order valence-corrected chi connectivity index (χ4v) is 2.41. The van der Waals surface area contributed by atoms with E-state index in [1.54, 1.807) is 6.20 Å². The van der Waals surface area contributed by atoms with Crippen molar-refractivity contribution in [3.8, 4) is 5.75 Å². The predicted octanol–water partition coefficient (Wildman–Crippen LogP) is 1.48. The van der Waals surface area contributed by atoms with Gasteiger partial charge in [0.05, 0.1) is 17.6 Å². The number of hydrogen-bond donors (Lipinski definition) is 3. The highest BCUT2D eigenvalue weighted by Gasteiger charge is 2.24. The summed E-state index contributed by atoms with van der Waals surface area (Å²) in [6.45, 7) is 0.558. The molecule has 0 saturated heterocycles. The van der Waals surface area contributed by atoms with Gasteiger partial charge in [-0.1, -0.05) is 18.2 Å². The minimum Gasteiger partial charge on any atom is -0.491 e. The highest BCUT2D eigenvalue weighted by Crippen LogP contribution is 2.34. The standard InChI is InChI=1S/C13H12N6O/c14-13-17-11(8-5-15-19-12(8)18-13)16-9-6-20-10-4-2-1-3-7(9)10/h1-5,9H,6H2,(H4,14,15,16,17,18,19). The van der Waals surface area contributed by atoms with Gasteiger partial charge in [0.2, 0.25) is 5.95 Å². The largest absolute Gasteiger partial charge is 0.491 e. The van der Waals surface area contributed by atoms with E-state index in [0.717, 1.165) is 16.7 Å². The summed E-state index contributed by atoms with van der Waals surface area (Å²) >= 11 is 0. The van der Waals surface area contributed by atoms with E-state index in [2.05, 4.69) is 25.5 Å². The second kappa shape index (κ2) is 4.09. The van der Waals surface area contributed by atoms with Crippen molar-refractivity contribution in [3.05, 3.63) is 36.0 Å². The number of nitrogens with one attached hydrogen (secondary N) is 2. The number of hydrogen-bond acceptors (Lipinski definition) is 6. The number of para-hydroxylation sites is 1. The molecule has 1 aromatic carbocycles. The third kappa shape index (κ3) is 1.63. The maximum Gasteiger partial charge on any atom is 0.224 e. The molecule has 4 N–H and O–H groups in total. The van der Waals surface area contributed by atoms with E-state index in [9.17, 15) is 0 Å². The van der Waals surface area contributed by atoms with Gasteiger partial charge in [-0.3, -0.25) is 5.10 Å². The van der Waals surface area contributed by atoms with E-state index < -0.39 is 0 Å². The van der Waals surface area contributed by atoms with Crippen LogP contribution in [-0.2, 0) is 0 Å². The quantitative estimate of drug-likeness (QED) is 0.650. The molecule has 0 amide bonds. The fourth-order valence-electron chi connectivity index (χ4n) is 2.41. The number of ether oxygens (including phenoxy) is 1. The molecule has 20 heavy (non-hydrogen) atoms. The van der Waals surface area contributed by atoms with Crippen molar-refractivity contribution in [2.75, 3.05) is 17.7 Å². The zero-order chi connectivity index (χ0) is 13.5. The topological polar surface area (TPSA) is 102 Å². The van der Waals surface area contributed by atoms with Gasteiger partial charge in [-0.25, -0.2) is 0 Å². The molecule has 7 heteroatoms. The van der Waals surface area contributed by atoms with Crippen LogP contribution in [0.5, 0.6) is 5.75 Å². The fraction of sp³-hybridized carbons (Fsp3) is 0.154. The molecule has 4 rings (SSSR count). The molecule has 1 atom stereocenters. The number of benzene rings is 1. The Bertz CT molecular complexity index is 783. The van der Waals surface area contributed by atoms with Crippen molar-refractivity contribution in [2.45, 2.75) is 6.04 Å². The molecule has 0 saturated carbocycles. The molecule has 100 valence electrons. The molecule has 3 heterocycles. The first-order valence-corrected chi connectivity index (χ1v) is 6.26. The summed E-state index contributed by atoms with van der Waals surface area (Å²) in [7, 11) is 0. The van der Waals surface area contributed by atoms with E-state index >= 15 is 0 Å². The van der Waals surface area contributed by atoms with Crippen LogP contribution >= 0.6 is 0 Å². The van der Waals surface area contributed by atoms with E-state index in [1.807, 2.05) is 24.3 Å². The Morgan fingerprint density at radius 1 is 1.30 bits per heavy atom. The van der Waals surface area contributed by atoms with Crippen LogP contribution in [0, 0.1) is 0 Å². The number of anilines is 2. The summed E-state index contributed by atoms with van der Waals surface area (Å²) in [5.41, 5.74) is 7.44. The molecular formula is C13H12N6O. The van der Waals surface area contributed by atoms with Gasteiger partial charge in [0.15, 0.2) is 5.65 Å². The van der Waals surface area contributed by atoms with Crippen molar-refractivity contribution >= 4 is 22.8 Å². The average molecular weight is 268 g/mol. The first-order valence-electron chi connectivity index (χ1n) is 6.26. The number of H-pyrrole nitrogens is 1. The molecule has 0 bridgehead atoms. The Hall–Kier alpha value is -2.83. The third-order valence-corrected chi connectivity index (χ3v) is 3.34. The molecule has 7 nitrogen and oxygen atoms in total. The smallest absolute Gasteiger partial charge is 0.224 e. The van der Waals surface area contributed by atoms with Crippen LogP contribution in [-0.4, -0.2) is 26.8 Å². The number of nitrogens with zero attached hydrogens (tertiary/aromatic N) is 3. The summed E-state index contributed by atoms with van der Waals surface area (Å²) in [5.74, 6) is 1.76. The normalized spacial score (nSPS) is 16.9. The minimum atomic E-state index is 0.0404. The highest BCUT2D eigenvalue weighted by atomic mass is 16.5. The lowest BCUT2D eigenvalue weighted by molar-refractivity contribution is 0.339. The number of nitrogen functional groups attached to an aromatic ring is 1. The molecule has 2 aromatic heterocycles. The number of rotatable bonds is 2. The van der Waals surface area contributed by atoms with Crippen molar-refractivity contribution in [2.24, 2.45) is 0 Å². The Balaban J connectivity index is 1.74. The second-order valence-electron chi connectivity index (χ2n) is 4.61. The van der Waals surface area contributed by atoms with Crippen LogP contribution in [0.1, 0.15) is 11.6 Å². The Morgan fingerprint density at radius 3 is 3.15 bits per heavy atom. The van der Waals surface area contributed by atoms with Gasteiger partial charge in [0.25, 0.3) is 0 Å². The Morgan fingerprint density at radius 2 is 2.20 bits per heavy atom. The van der Waals surface area contributed by atoms with Gasteiger partial charge in [-0.2, -0.15) is 15.1 Å². The maximum absolute atomic E-state index is 5.71. The summed E-state index contributed by atoms with van der Waals surface area (Å²) < 4.78 is 5.65. The molecule has 1 aliphatic rings. The van der Waals surface area contributed by atoms with E-state index in [0.29, 0.717) is 18.1 Å². The van der Waals surface area contributed by atoms with Gasteiger partial charge in [0.1, 0.15) is 18.2 Å². The first-order chi connectivity index (χ1) is 9.81. The molecular weight excluding hydrogens is 256 g/mol. The van der Waals surface area contributed by atoms with Crippen LogP contribution in [0.2, 0.25) is 0 Å². The summed E-state index contributed by atoms with van der Waals surface area (Å²) in [6.07, 6.45) is 1.68.